The number of hydrogen-bond acceptors (Lipinski definition) is 2. The lowest BCUT2D eigenvalue weighted by Crippen LogP contribution is -2.18. The molecule has 0 unspecified atom stereocenters. The van der Waals surface area contributed by atoms with Gasteiger partial charge in [-0.2, -0.15) is 0 Å². The average Bonchev–Trinajstić information content (AvgIpc) is 2.11. The van der Waals surface area contributed by atoms with Crippen LogP contribution >= 0.6 is 0 Å². The minimum Gasteiger partial charge on any atom is -0.481 e. The van der Waals surface area contributed by atoms with Crippen molar-refractivity contribution in [3.05, 3.63) is 12.2 Å². The molecule has 0 saturated heterocycles. The number of carboxylic acid groups (broad SMARTS) is 1. The first-order valence-corrected chi connectivity index (χ1v) is 7.69. The van der Waals surface area contributed by atoms with Crippen molar-refractivity contribution in [3.63, 3.8) is 0 Å². The van der Waals surface area contributed by atoms with E-state index in [4.69, 9.17) is 5.11 Å². The molecule has 0 spiro atoms. The van der Waals surface area contributed by atoms with Gasteiger partial charge in [-0.05, 0) is 45.4 Å². The summed E-state index contributed by atoms with van der Waals surface area (Å²) in [5.41, 5.74) is 1.14. The van der Waals surface area contributed by atoms with E-state index >= 15 is 0 Å². The molecule has 0 aliphatic rings. The predicted molar refractivity (Wildman–Crippen MR) is 123 cm³/mol. The van der Waals surface area contributed by atoms with Gasteiger partial charge >= 0.3 is 5.97 Å². The second-order valence-corrected chi connectivity index (χ2v) is 9.02. The highest BCUT2D eigenvalue weighted by atomic mass is 16.4. The van der Waals surface area contributed by atoms with Crippen LogP contribution in [0.4, 0.5) is 0 Å². The van der Waals surface area contributed by atoms with E-state index in [9.17, 15) is 9.59 Å². The van der Waals surface area contributed by atoms with Gasteiger partial charge in [-0.15, -0.1) is 0 Å². The smallest absolute Gasteiger partial charge is 0.308 e. The van der Waals surface area contributed by atoms with Crippen LogP contribution in [0.2, 0.25) is 0 Å². The largest absolute Gasteiger partial charge is 0.481 e. The molecule has 0 aliphatic carbocycles. The van der Waals surface area contributed by atoms with Crippen molar-refractivity contribution in [2.75, 3.05) is 0 Å². The van der Waals surface area contributed by atoms with Crippen LogP contribution in [0.15, 0.2) is 12.2 Å². The summed E-state index contributed by atoms with van der Waals surface area (Å²) in [5.74, 6) is -0.481. The van der Waals surface area contributed by atoms with E-state index in [0.29, 0.717) is 11.8 Å². The molecule has 0 rings (SSSR count). The van der Waals surface area contributed by atoms with Gasteiger partial charge in [0.05, 0.1) is 5.41 Å². The van der Waals surface area contributed by atoms with E-state index in [1.165, 1.54) is 5.57 Å². The molecule has 0 fully saturated rings. The number of carbonyl (C=O) groups excluding carboxylic acids is 1. The van der Waals surface area contributed by atoms with Crippen LogP contribution in [0.5, 0.6) is 0 Å². The molecule has 3 nitrogen and oxygen atoms in total. The average molecular weight is 379 g/mol. The number of Topliss-reactive ketones (excluding diaryl/α,β-unsaturated/α-hetero) is 1. The standard InChI is InChI=1S/C7H14O.C7H14.C5H10O2.4CH4/c1-6(8)5-7(2,3)4;1-6(2)7(3,4)5;1-5(2,3)4(6)7;;;;/h5H2,1-4H3;1H2,2-5H3;1-3H3,(H,6,7);4*1H4. The summed E-state index contributed by atoms with van der Waals surface area (Å²) in [6.07, 6.45) is 0.687. The first-order valence-electron chi connectivity index (χ1n) is 7.69. The Labute approximate surface area is 167 Å². The number of aliphatic carboxylic acids is 1. The summed E-state index contributed by atoms with van der Waals surface area (Å²) >= 11 is 0. The van der Waals surface area contributed by atoms with Crippen molar-refractivity contribution < 1.29 is 14.7 Å². The lowest BCUT2D eigenvalue weighted by molar-refractivity contribution is -0.145. The number of allylic oxidation sites excluding steroid dienone is 1. The maximum absolute atomic E-state index is 10.5. The molecule has 0 amide bonds. The Kier molecular flexibility index (Phi) is 29.5. The van der Waals surface area contributed by atoms with Crippen LogP contribution in [0, 0.1) is 16.2 Å². The quantitative estimate of drug-likeness (QED) is 0.467. The number of ketones is 1. The molecule has 0 aromatic carbocycles. The number of hydrogen-bond donors (Lipinski definition) is 1. The second-order valence-electron chi connectivity index (χ2n) is 9.02. The van der Waals surface area contributed by atoms with Crippen molar-refractivity contribution in [2.24, 2.45) is 16.2 Å². The summed E-state index contributed by atoms with van der Waals surface area (Å²) < 4.78 is 0. The van der Waals surface area contributed by atoms with Gasteiger partial charge in [0.15, 0.2) is 0 Å². The minimum absolute atomic E-state index is 0. The Bertz CT molecular complexity index is 334. The lowest BCUT2D eigenvalue weighted by Gasteiger charge is -2.16. The number of rotatable bonds is 1. The molecular weight excluding hydrogens is 324 g/mol. The Morgan fingerprint density at radius 3 is 0.923 bits per heavy atom. The topological polar surface area (TPSA) is 54.4 Å². The van der Waals surface area contributed by atoms with Gasteiger partial charge in [0.2, 0.25) is 0 Å². The van der Waals surface area contributed by atoms with Gasteiger partial charge in [0, 0.05) is 6.42 Å². The highest BCUT2D eigenvalue weighted by Gasteiger charge is 2.18. The molecule has 26 heavy (non-hydrogen) atoms. The molecule has 0 aromatic heterocycles. The van der Waals surface area contributed by atoms with Crippen LogP contribution in [-0.2, 0) is 9.59 Å². The fraction of sp³-hybridized carbons (Fsp3) is 0.826. The maximum Gasteiger partial charge on any atom is 0.308 e. The molecular formula is C23H54O3. The Morgan fingerprint density at radius 2 is 0.923 bits per heavy atom. The van der Waals surface area contributed by atoms with Gasteiger partial charge in [-0.3, -0.25) is 4.79 Å². The Morgan fingerprint density at radius 1 is 0.731 bits per heavy atom. The van der Waals surface area contributed by atoms with Gasteiger partial charge in [0.25, 0.3) is 0 Å². The third-order valence-electron chi connectivity index (χ3n) is 2.70. The van der Waals surface area contributed by atoms with Crippen LogP contribution in [0.25, 0.3) is 0 Å². The van der Waals surface area contributed by atoms with E-state index in [-0.39, 0.29) is 40.9 Å². The third-order valence-corrected chi connectivity index (χ3v) is 2.70. The first-order chi connectivity index (χ1) is 9.30. The normalized spacial score (nSPS) is 9.65. The van der Waals surface area contributed by atoms with Crippen molar-refractivity contribution in [2.45, 2.75) is 112 Å². The predicted octanol–water partition coefficient (Wildman–Crippen LogP) is 8.28. The van der Waals surface area contributed by atoms with Crippen molar-refractivity contribution in [1.82, 2.24) is 0 Å². The molecule has 164 valence electrons. The van der Waals surface area contributed by atoms with Crippen molar-refractivity contribution >= 4 is 11.8 Å². The Balaban J connectivity index is -0.0000000388. The minimum atomic E-state index is -0.757. The van der Waals surface area contributed by atoms with Gasteiger partial charge < -0.3 is 9.90 Å². The second kappa shape index (κ2) is 17.3. The van der Waals surface area contributed by atoms with Crippen molar-refractivity contribution in [3.8, 4) is 0 Å². The van der Waals surface area contributed by atoms with E-state index in [1.807, 2.05) is 0 Å². The molecule has 0 atom stereocenters. The van der Waals surface area contributed by atoms with Crippen molar-refractivity contribution in [1.29, 1.82) is 0 Å². The van der Waals surface area contributed by atoms with E-state index in [1.54, 1.807) is 27.7 Å². The summed E-state index contributed by atoms with van der Waals surface area (Å²) in [4.78, 5) is 20.5. The van der Waals surface area contributed by atoms with Crippen LogP contribution in [0.1, 0.15) is 112 Å². The number of carboxylic acids is 1. The molecule has 0 bridgehead atoms. The Hall–Kier alpha value is -1.12. The monoisotopic (exact) mass is 378 g/mol. The molecule has 3 heteroatoms. The van der Waals surface area contributed by atoms with Crippen LogP contribution < -0.4 is 0 Å². The summed E-state index contributed by atoms with van der Waals surface area (Å²) in [5, 5.41) is 8.25. The summed E-state index contributed by atoms with van der Waals surface area (Å²) in [6, 6.07) is 0. The van der Waals surface area contributed by atoms with Gasteiger partial charge in [-0.1, -0.05) is 83.4 Å². The molecule has 0 saturated carbocycles. The van der Waals surface area contributed by atoms with Gasteiger partial charge in [0.1, 0.15) is 5.78 Å². The fourth-order valence-electron chi connectivity index (χ4n) is 0.747. The van der Waals surface area contributed by atoms with E-state index in [2.05, 4.69) is 55.0 Å². The van der Waals surface area contributed by atoms with E-state index < -0.39 is 11.4 Å². The summed E-state index contributed by atoms with van der Waals surface area (Å²) in [6.45, 7) is 25.2. The van der Waals surface area contributed by atoms with Crippen LogP contribution in [0.3, 0.4) is 0 Å². The van der Waals surface area contributed by atoms with Crippen LogP contribution in [-0.4, -0.2) is 16.9 Å². The zero-order chi connectivity index (χ0) is 18.9. The molecule has 0 aromatic rings. The zero-order valence-corrected chi connectivity index (χ0v) is 16.7. The molecule has 0 aliphatic heterocycles. The molecule has 0 heterocycles. The maximum atomic E-state index is 10.5. The first kappa shape index (κ1) is 44.4. The molecule has 0 radical (unpaired) electrons. The highest BCUT2D eigenvalue weighted by molar-refractivity contribution is 5.76. The number of carbonyl (C=O) groups is 2. The highest BCUT2D eigenvalue weighted by Crippen LogP contribution is 2.21. The summed E-state index contributed by atoms with van der Waals surface area (Å²) in [7, 11) is 0. The lowest BCUT2D eigenvalue weighted by atomic mass is 9.89. The SMILES string of the molecule is C.C.C.C.C=C(C)C(C)(C)C.CC(=O)CC(C)(C)C.CC(C)(C)C(=O)O. The zero-order valence-electron chi connectivity index (χ0n) is 16.7. The molecule has 1 N–H and O–H groups in total. The van der Waals surface area contributed by atoms with Gasteiger partial charge in [-0.25, -0.2) is 0 Å². The third kappa shape index (κ3) is 43.4. The van der Waals surface area contributed by atoms with E-state index in [0.717, 1.165) is 0 Å². The fourth-order valence-corrected chi connectivity index (χ4v) is 0.747.